The van der Waals surface area contributed by atoms with Crippen molar-refractivity contribution >= 4 is 22.9 Å². The zero-order chi connectivity index (χ0) is 15.5. The molecule has 0 radical (unpaired) electrons. The summed E-state index contributed by atoms with van der Waals surface area (Å²) < 4.78 is 15.9. The number of aryl methyl sites for hydroxylation is 1. The van der Waals surface area contributed by atoms with Crippen molar-refractivity contribution in [1.82, 2.24) is 14.9 Å². The highest BCUT2D eigenvalue weighted by Crippen LogP contribution is 2.24. The van der Waals surface area contributed by atoms with Crippen LogP contribution >= 0.6 is 22.9 Å². The van der Waals surface area contributed by atoms with E-state index in [1.165, 1.54) is 12.1 Å². The number of nitrogens with one attached hydrogen (secondary N) is 1. The van der Waals surface area contributed by atoms with E-state index in [1.807, 2.05) is 29.9 Å². The third kappa shape index (κ3) is 3.38. The molecular weight excluding hydrogens is 321 g/mol. The van der Waals surface area contributed by atoms with E-state index in [4.69, 9.17) is 11.6 Å². The molecule has 1 N–H and O–H groups in total. The van der Waals surface area contributed by atoms with E-state index in [9.17, 15) is 4.39 Å². The Balaban J connectivity index is 1.86. The minimum Gasteiger partial charge on any atom is -0.336 e. The molecule has 3 rings (SSSR count). The van der Waals surface area contributed by atoms with Crippen LogP contribution < -0.4 is 5.32 Å². The first-order valence-corrected chi connectivity index (χ1v) is 8.03. The molecule has 1 unspecified atom stereocenters. The Bertz CT molecular complexity index is 751. The van der Waals surface area contributed by atoms with Gasteiger partial charge in [0.25, 0.3) is 0 Å². The van der Waals surface area contributed by atoms with Gasteiger partial charge in [-0.25, -0.2) is 9.37 Å². The standard InChI is InChI=1S/C16H15ClFN3S/c1-21-9-8-19-16(21)15(11-2-4-12(18)5-3-11)20-10-13-6-7-14(17)22-13/h2-9,15,20H,10H2,1H3. The fourth-order valence-corrected chi connectivity index (χ4v) is 3.36. The summed E-state index contributed by atoms with van der Waals surface area (Å²) >= 11 is 7.51. The normalized spacial score (nSPS) is 12.5. The molecule has 114 valence electrons. The van der Waals surface area contributed by atoms with E-state index in [-0.39, 0.29) is 11.9 Å². The second-order valence-electron chi connectivity index (χ2n) is 4.97. The Morgan fingerprint density at radius 2 is 2.05 bits per heavy atom. The van der Waals surface area contributed by atoms with Crippen LogP contribution in [0.1, 0.15) is 22.3 Å². The maximum Gasteiger partial charge on any atom is 0.130 e. The molecule has 0 saturated carbocycles. The Labute approximate surface area is 137 Å². The van der Waals surface area contributed by atoms with Gasteiger partial charge in [0, 0.05) is 30.9 Å². The molecule has 0 fully saturated rings. The van der Waals surface area contributed by atoms with Crippen LogP contribution in [0.5, 0.6) is 0 Å². The second-order valence-corrected chi connectivity index (χ2v) is 6.77. The molecule has 0 spiro atoms. The molecule has 2 heterocycles. The fraction of sp³-hybridized carbons (Fsp3) is 0.188. The summed E-state index contributed by atoms with van der Waals surface area (Å²) in [4.78, 5) is 5.56. The highest BCUT2D eigenvalue weighted by Gasteiger charge is 2.18. The van der Waals surface area contributed by atoms with Crippen LogP contribution in [0.25, 0.3) is 0 Å². The van der Waals surface area contributed by atoms with Crippen molar-refractivity contribution in [3.05, 3.63) is 75.2 Å². The van der Waals surface area contributed by atoms with Crippen molar-refractivity contribution in [2.24, 2.45) is 7.05 Å². The van der Waals surface area contributed by atoms with Crippen LogP contribution in [-0.4, -0.2) is 9.55 Å². The molecule has 0 aliphatic carbocycles. The molecule has 1 aromatic carbocycles. The van der Waals surface area contributed by atoms with Gasteiger partial charge in [0.15, 0.2) is 0 Å². The average Bonchev–Trinajstić information content (AvgIpc) is 3.10. The van der Waals surface area contributed by atoms with E-state index < -0.39 is 0 Å². The van der Waals surface area contributed by atoms with Crippen molar-refractivity contribution in [2.75, 3.05) is 0 Å². The Morgan fingerprint density at radius 3 is 2.64 bits per heavy atom. The minimum atomic E-state index is -0.243. The topological polar surface area (TPSA) is 29.9 Å². The van der Waals surface area contributed by atoms with Gasteiger partial charge in [0.1, 0.15) is 11.6 Å². The SMILES string of the molecule is Cn1ccnc1C(NCc1ccc(Cl)s1)c1ccc(F)cc1. The first-order valence-electron chi connectivity index (χ1n) is 6.84. The molecule has 0 amide bonds. The minimum absolute atomic E-state index is 0.110. The molecule has 3 aromatic rings. The van der Waals surface area contributed by atoms with Crippen molar-refractivity contribution in [3.8, 4) is 0 Å². The number of hydrogen-bond acceptors (Lipinski definition) is 3. The van der Waals surface area contributed by atoms with E-state index in [0.29, 0.717) is 6.54 Å². The summed E-state index contributed by atoms with van der Waals surface area (Å²) in [5.74, 6) is 0.640. The van der Waals surface area contributed by atoms with E-state index >= 15 is 0 Å². The average molecular weight is 336 g/mol. The van der Waals surface area contributed by atoms with Gasteiger partial charge in [0.05, 0.1) is 10.4 Å². The summed E-state index contributed by atoms with van der Waals surface area (Å²) in [6, 6.07) is 10.3. The Kier molecular flexibility index (Phi) is 4.57. The van der Waals surface area contributed by atoms with E-state index in [1.54, 1.807) is 29.7 Å². The predicted molar refractivity (Wildman–Crippen MR) is 87.6 cm³/mol. The predicted octanol–water partition coefficient (Wildman–Crippen LogP) is 4.15. The van der Waals surface area contributed by atoms with Crippen LogP contribution in [0, 0.1) is 5.82 Å². The molecule has 0 aliphatic heterocycles. The number of rotatable bonds is 5. The summed E-state index contributed by atoms with van der Waals surface area (Å²) in [6.07, 6.45) is 3.66. The number of imidazole rings is 1. The molecule has 1 atom stereocenters. The molecule has 3 nitrogen and oxygen atoms in total. The summed E-state index contributed by atoms with van der Waals surface area (Å²) in [5, 5.41) is 3.47. The van der Waals surface area contributed by atoms with Crippen molar-refractivity contribution in [1.29, 1.82) is 0 Å². The molecule has 0 bridgehead atoms. The number of nitrogens with zero attached hydrogens (tertiary/aromatic N) is 2. The summed E-state index contributed by atoms with van der Waals surface area (Å²) in [5.41, 5.74) is 0.971. The first-order chi connectivity index (χ1) is 10.6. The molecule has 2 aromatic heterocycles. The molecule has 22 heavy (non-hydrogen) atoms. The molecule has 0 saturated heterocycles. The number of benzene rings is 1. The molecule has 0 aliphatic rings. The fourth-order valence-electron chi connectivity index (χ4n) is 2.32. The highest BCUT2D eigenvalue weighted by atomic mass is 35.5. The van der Waals surface area contributed by atoms with Crippen LogP contribution in [-0.2, 0) is 13.6 Å². The van der Waals surface area contributed by atoms with Crippen LogP contribution in [0.4, 0.5) is 4.39 Å². The number of aromatic nitrogens is 2. The largest absolute Gasteiger partial charge is 0.336 e. The van der Waals surface area contributed by atoms with Crippen LogP contribution in [0.2, 0.25) is 4.34 Å². The van der Waals surface area contributed by atoms with E-state index in [2.05, 4.69) is 10.3 Å². The second kappa shape index (κ2) is 6.60. The van der Waals surface area contributed by atoms with Gasteiger partial charge in [-0.1, -0.05) is 23.7 Å². The third-order valence-electron chi connectivity index (χ3n) is 3.43. The molecule has 6 heteroatoms. The monoisotopic (exact) mass is 335 g/mol. The van der Waals surface area contributed by atoms with Gasteiger partial charge in [-0.2, -0.15) is 0 Å². The first kappa shape index (κ1) is 15.2. The lowest BCUT2D eigenvalue weighted by Gasteiger charge is -2.19. The zero-order valence-corrected chi connectivity index (χ0v) is 13.5. The van der Waals surface area contributed by atoms with Crippen molar-refractivity contribution < 1.29 is 4.39 Å². The van der Waals surface area contributed by atoms with Gasteiger partial charge in [-0.3, -0.25) is 5.32 Å². The van der Waals surface area contributed by atoms with Gasteiger partial charge in [-0.05, 0) is 29.8 Å². The quantitative estimate of drug-likeness (QED) is 0.759. The zero-order valence-electron chi connectivity index (χ0n) is 12.0. The molecular formula is C16H15ClFN3S. The van der Waals surface area contributed by atoms with E-state index in [0.717, 1.165) is 20.6 Å². The maximum absolute atomic E-state index is 13.2. The lowest BCUT2D eigenvalue weighted by molar-refractivity contribution is 0.559. The van der Waals surface area contributed by atoms with Gasteiger partial charge in [0.2, 0.25) is 0 Å². The number of halogens is 2. The third-order valence-corrected chi connectivity index (χ3v) is 4.66. The van der Waals surface area contributed by atoms with Gasteiger partial charge < -0.3 is 4.57 Å². The summed E-state index contributed by atoms with van der Waals surface area (Å²) in [7, 11) is 1.95. The lowest BCUT2D eigenvalue weighted by atomic mass is 10.1. The Hall–Kier alpha value is -1.69. The smallest absolute Gasteiger partial charge is 0.130 e. The maximum atomic E-state index is 13.2. The lowest BCUT2D eigenvalue weighted by Crippen LogP contribution is -2.24. The summed E-state index contributed by atoms with van der Waals surface area (Å²) in [6.45, 7) is 0.673. The Morgan fingerprint density at radius 1 is 1.27 bits per heavy atom. The van der Waals surface area contributed by atoms with Crippen LogP contribution in [0.15, 0.2) is 48.8 Å². The number of thiophene rings is 1. The van der Waals surface area contributed by atoms with Crippen molar-refractivity contribution in [3.63, 3.8) is 0 Å². The highest BCUT2D eigenvalue weighted by molar-refractivity contribution is 7.16. The van der Waals surface area contributed by atoms with Crippen LogP contribution in [0.3, 0.4) is 0 Å². The van der Waals surface area contributed by atoms with Gasteiger partial charge >= 0.3 is 0 Å². The number of hydrogen-bond donors (Lipinski definition) is 1. The van der Waals surface area contributed by atoms with Crippen molar-refractivity contribution in [2.45, 2.75) is 12.6 Å². The van der Waals surface area contributed by atoms with Gasteiger partial charge in [-0.15, -0.1) is 11.3 Å².